The van der Waals surface area contributed by atoms with Crippen molar-refractivity contribution in [2.75, 3.05) is 5.32 Å². The molecule has 2 fully saturated rings. The molecule has 202 valence electrons. The third-order valence-corrected chi connectivity index (χ3v) is 9.65. The van der Waals surface area contributed by atoms with Gasteiger partial charge in [0.15, 0.2) is 0 Å². The molecule has 2 saturated carbocycles. The average Bonchev–Trinajstić information content (AvgIpc) is 3.36. The van der Waals surface area contributed by atoms with Gasteiger partial charge >= 0.3 is 0 Å². The quantitative estimate of drug-likeness (QED) is 0.409. The van der Waals surface area contributed by atoms with E-state index in [1.807, 2.05) is 42.5 Å². The molecule has 6 unspecified atom stereocenters. The zero-order chi connectivity index (χ0) is 27.1. The van der Waals surface area contributed by atoms with Gasteiger partial charge in [0.1, 0.15) is 0 Å². The van der Waals surface area contributed by atoms with E-state index in [0.717, 1.165) is 42.4 Å². The number of nitrogens with zero attached hydrogens (tertiary/aromatic N) is 1. The number of benzene rings is 2. The fraction of sp³-hybridized carbons (Fsp3) is 0.387. The minimum atomic E-state index is -1.87. The van der Waals surface area contributed by atoms with Gasteiger partial charge in [-0.15, -0.1) is 0 Å². The summed E-state index contributed by atoms with van der Waals surface area (Å²) in [6.07, 6.45) is 8.88. The van der Waals surface area contributed by atoms with Crippen molar-refractivity contribution in [2.24, 2.45) is 23.7 Å². The summed E-state index contributed by atoms with van der Waals surface area (Å²) >= 11 is -1.87. The Morgan fingerprint density at radius 1 is 1.05 bits per heavy atom. The van der Waals surface area contributed by atoms with Gasteiger partial charge in [-0.1, -0.05) is 60.5 Å². The maximum atomic E-state index is 13.8. The number of nitrogens with one attached hydrogen (secondary N) is 1. The Bertz CT molecular complexity index is 1380. The molecular weight excluding hydrogens is 512 g/mol. The molecule has 39 heavy (non-hydrogen) atoms. The second kappa shape index (κ2) is 10.7. The molecule has 0 radical (unpaired) electrons. The van der Waals surface area contributed by atoms with Crippen molar-refractivity contribution in [3.8, 4) is 0 Å². The first-order valence-corrected chi connectivity index (χ1v) is 14.7. The van der Waals surface area contributed by atoms with Gasteiger partial charge in [0.05, 0.1) is 18.6 Å². The van der Waals surface area contributed by atoms with Gasteiger partial charge in [-0.05, 0) is 66.4 Å². The Kier molecular flexibility index (Phi) is 7.08. The molecule has 1 aliphatic heterocycles. The van der Waals surface area contributed by atoms with Crippen LogP contribution in [-0.4, -0.2) is 32.0 Å². The van der Waals surface area contributed by atoms with Crippen LogP contribution in [0, 0.1) is 23.7 Å². The Morgan fingerprint density at radius 3 is 2.56 bits per heavy atom. The zero-order valence-corrected chi connectivity index (χ0v) is 22.7. The lowest BCUT2D eigenvalue weighted by Gasteiger charge is -2.48. The van der Waals surface area contributed by atoms with Crippen LogP contribution in [0.5, 0.6) is 0 Å². The molecule has 1 amide bonds. The summed E-state index contributed by atoms with van der Waals surface area (Å²) < 4.78 is 21.3. The Morgan fingerprint density at radius 2 is 1.82 bits per heavy atom. The van der Waals surface area contributed by atoms with E-state index in [-0.39, 0.29) is 41.8 Å². The molecule has 0 aromatic heterocycles. The van der Waals surface area contributed by atoms with Crippen molar-refractivity contribution in [3.05, 3.63) is 83.6 Å². The molecule has 1 heterocycles. The topological polar surface area (TPSA) is 92.8 Å². The number of hydrogen-bond acceptors (Lipinski definition) is 5. The summed E-state index contributed by atoms with van der Waals surface area (Å²) in [7, 11) is 0. The van der Waals surface area contributed by atoms with Crippen molar-refractivity contribution in [1.29, 1.82) is 0 Å². The number of hydrogen-bond donors (Lipinski definition) is 1. The monoisotopic (exact) mass is 544 g/mol. The van der Waals surface area contributed by atoms with E-state index in [9.17, 15) is 18.6 Å². The van der Waals surface area contributed by atoms with Crippen molar-refractivity contribution >= 4 is 40.0 Å². The fourth-order valence-corrected chi connectivity index (χ4v) is 8.00. The van der Waals surface area contributed by atoms with Gasteiger partial charge in [-0.2, -0.15) is 0 Å². The molecule has 4 aliphatic rings. The molecule has 0 spiro atoms. The summed E-state index contributed by atoms with van der Waals surface area (Å²) in [5.41, 5.74) is 4.38. The first-order chi connectivity index (χ1) is 18.9. The number of amides is 1. The van der Waals surface area contributed by atoms with E-state index in [1.54, 1.807) is 22.6 Å². The van der Waals surface area contributed by atoms with E-state index in [0.29, 0.717) is 12.1 Å². The predicted octanol–water partition coefficient (Wildman–Crippen LogP) is 4.99. The highest BCUT2D eigenvalue weighted by atomic mass is 32.2. The molecule has 0 bridgehead atoms. The van der Waals surface area contributed by atoms with Gasteiger partial charge in [0.25, 0.3) is 11.3 Å². The Hall–Kier alpha value is -3.36. The minimum Gasteiger partial charge on any atom is -0.326 e. The maximum absolute atomic E-state index is 13.8. The molecule has 2 aromatic rings. The molecule has 6 atom stereocenters. The van der Waals surface area contributed by atoms with E-state index in [4.69, 9.17) is 4.18 Å². The number of carbonyl (C=O) groups is 3. The third-order valence-electron chi connectivity index (χ3n) is 8.64. The van der Waals surface area contributed by atoms with Gasteiger partial charge in [0, 0.05) is 24.7 Å². The fourth-order valence-electron chi connectivity index (χ4n) is 6.97. The second-order valence-corrected chi connectivity index (χ2v) is 12.0. The highest BCUT2D eigenvalue weighted by Gasteiger charge is 2.59. The van der Waals surface area contributed by atoms with Crippen LogP contribution < -0.4 is 5.32 Å². The Labute approximate surface area is 231 Å². The third kappa shape index (κ3) is 4.80. The molecule has 6 rings (SSSR count). The summed E-state index contributed by atoms with van der Waals surface area (Å²) in [6.45, 7) is 1.55. The molecule has 0 saturated heterocycles. The number of rotatable bonds is 6. The normalized spacial score (nSPS) is 28.5. The maximum Gasteiger partial charge on any atom is 0.264 e. The molecule has 8 heteroatoms. The van der Waals surface area contributed by atoms with E-state index < -0.39 is 23.2 Å². The van der Waals surface area contributed by atoms with Crippen LogP contribution in [0.2, 0.25) is 0 Å². The van der Waals surface area contributed by atoms with Gasteiger partial charge in [-0.25, -0.2) is 4.21 Å². The summed E-state index contributed by atoms with van der Waals surface area (Å²) in [5, 5.41) is 2.73. The highest BCUT2D eigenvalue weighted by molar-refractivity contribution is 7.77. The number of ketones is 2. The standard InChI is InChI=1S/C31H32N2O5S/c1-19(34)32-23-14-11-20(12-15-23)18-38-39(37)33-17-26(21-7-3-2-4-8-21)28-29(33)25-16-13-22-9-5-6-10-24(22)27(25)30(35)31(28)36/h2-4,7-8,11-15,17,24-25,27-29H,5-6,9-10,16,18H2,1H3,(H,32,34). The van der Waals surface area contributed by atoms with Crippen LogP contribution in [-0.2, 0) is 36.4 Å². The number of fused-ring (bicyclic) bond motifs is 5. The van der Waals surface area contributed by atoms with Gasteiger partial charge in [-0.3, -0.25) is 22.9 Å². The second-order valence-electron chi connectivity index (χ2n) is 10.9. The molecule has 3 aliphatic carbocycles. The largest absolute Gasteiger partial charge is 0.326 e. The highest BCUT2D eigenvalue weighted by Crippen LogP contribution is 2.53. The van der Waals surface area contributed by atoms with Crippen LogP contribution in [0.25, 0.3) is 5.57 Å². The molecule has 1 N–H and O–H groups in total. The lowest BCUT2D eigenvalue weighted by atomic mass is 9.57. The number of carbonyl (C=O) groups excluding carboxylic acids is 3. The SMILES string of the molecule is CC(=O)Nc1ccc(COS(=O)N2C=C(c3ccccc3)C3C(=O)C(=O)C4C5CCCCC5=CCC4C32)cc1. The van der Waals surface area contributed by atoms with Crippen molar-refractivity contribution in [1.82, 2.24) is 4.31 Å². The van der Waals surface area contributed by atoms with Crippen LogP contribution in [0.4, 0.5) is 5.69 Å². The van der Waals surface area contributed by atoms with Crippen molar-refractivity contribution in [3.63, 3.8) is 0 Å². The van der Waals surface area contributed by atoms with Crippen molar-refractivity contribution in [2.45, 2.75) is 51.7 Å². The lowest BCUT2D eigenvalue weighted by Crippen LogP contribution is -2.57. The lowest BCUT2D eigenvalue weighted by molar-refractivity contribution is -0.148. The summed E-state index contributed by atoms with van der Waals surface area (Å²) in [5.74, 6) is -1.79. The van der Waals surface area contributed by atoms with Gasteiger partial charge < -0.3 is 5.32 Å². The number of Topliss-reactive ketones (excluding diaryl/α,β-unsaturated/α-hetero) is 2. The minimum absolute atomic E-state index is 0.100. The van der Waals surface area contributed by atoms with Crippen LogP contribution >= 0.6 is 0 Å². The summed E-state index contributed by atoms with van der Waals surface area (Å²) in [6, 6.07) is 16.3. The average molecular weight is 545 g/mol. The predicted molar refractivity (Wildman–Crippen MR) is 149 cm³/mol. The van der Waals surface area contributed by atoms with Crippen LogP contribution in [0.3, 0.4) is 0 Å². The zero-order valence-electron chi connectivity index (χ0n) is 21.9. The van der Waals surface area contributed by atoms with Crippen LogP contribution in [0.15, 0.2) is 72.4 Å². The van der Waals surface area contributed by atoms with Crippen LogP contribution in [0.1, 0.15) is 50.2 Å². The number of allylic oxidation sites excluding steroid dienone is 2. The smallest absolute Gasteiger partial charge is 0.264 e. The molecule has 2 aromatic carbocycles. The summed E-state index contributed by atoms with van der Waals surface area (Å²) in [4.78, 5) is 38.7. The molecule has 7 nitrogen and oxygen atoms in total. The molecular formula is C31H32N2O5S. The first kappa shape index (κ1) is 25.9. The van der Waals surface area contributed by atoms with E-state index >= 15 is 0 Å². The van der Waals surface area contributed by atoms with Gasteiger partial charge in [0.2, 0.25) is 17.5 Å². The number of anilines is 1. The Balaban J connectivity index is 1.30. The van der Waals surface area contributed by atoms with E-state index in [1.165, 1.54) is 12.5 Å². The first-order valence-electron chi connectivity index (χ1n) is 13.7. The van der Waals surface area contributed by atoms with E-state index in [2.05, 4.69) is 11.4 Å². The van der Waals surface area contributed by atoms with Crippen molar-refractivity contribution < 1.29 is 22.8 Å².